The number of piperazine rings is 1. The topological polar surface area (TPSA) is 88.7 Å². The molecule has 2 aliphatic rings. The van der Waals surface area contributed by atoms with Crippen LogP contribution in [0.3, 0.4) is 0 Å². The number of fused-ring (bicyclic) bond motifs is 1. The predicted octanol–water partition coefficient (Wildman–Crippen LogP) is 0.180. The molecule has 3 N–H and O–H groups in total. The zero-order valence-electron chi connectivity index (χ0n) is 15.1. The van der Waals surface area contributed by atoms with Crippen molar-refractivity contribution in [3.8, 4) is 0 Å². The first-order valence-electron chi connectivity index (χ1n) is 9.07. The van der Waals surface area contributed by atoms with Crippen LogP contribution in [0.4, 0.5) is 0 Å². The molecule has 0 aromatic carbocycles. The van der Waals surface area contributed by atoms with Gasteiger partial charge >= 0.3 is 0 Å². The summed E-state index contributed by atoms with van der Waals surface area (Å²) >= 11 is 0. The molecular formula is C18H28N4O3. The van der Waals surface area contributed by atoms with Gasteiger partial charge in [-0.3, -0.25) is 14.5 Å². The Balaban J connectivity index is 1.55. The molecule has 0 radical (unpaired) electrons. The quantitative estimate of drug-likeness (QED) is 0.706. The van der Waals surface area contributed by atoms with Crippen molar-refractivity contribution >= 4 is 11.7 Å². The molecule has 1 aromatic rings. The van der Waals surface area contributed by atoms with E-state index in [4.69, 9.17) is 0 Å². The van der Waals surface area contributed by atoms with E-state index in [-0.39, 0.29) is 18.2 Å². The average molecular weight is 348 g/mol. The minimum Gasteiger partial charge on any atom is -0.390 e. The number of aryl methyl sites for hydroxylation is 1. The summed E-state index contributed by atoms with van der Waals surface area (Å²) in [5.41, 5.74) is 2.73. The van der Waals surface area contributed by atoms with Gasteiger partial charge in [0.15, 0.2) is 5.78 Å². The van der Waals surface area contributed by atoms with Gasteiger partial charge < -0.3 is 20.3 Å². The standard InChI is InChI=1S/C18H28N4O3/c1-12-16(14-4-3-5-15(24)17(14)20-12)18(25)19-10-13(23)11-22-8-6-21(2)7-9-22/h13,20,23H,3-11H2,1-2H3,(H,19,25). The fourth-order valence-electron chi connectivity index (χ4n) is 3.71. The molecule has 138 valence electrons. The molecule has 1 amide bonds. The van der Waals surface area contributed by atoms with E-state index in [2.05, 4.69) is 27.1 Å². The molecule has 0 bridgehead atoms. The number of aromatic amines is 1. The lowest BCUT2D eigenvalue weighted by Gasteiger charge is -2.33. The molecule has 0 saturated carbocycles. The first kappa shape index (κ1) is 18.1. The molecular weight excluding hydrogens is 320 g/mol. The van der Waals surface area contributed by atoms with Crippen molar-refractivity contribution in [2.45, 2.75) is 32.3 Å². The molecule has 1 saturated heterocycles. The van der Waals surface area contributed by atoms with Gasteiger partial charge in [-0.25, -0.2) is 0 Å². The van der Waals surface area contributed by atoms with E-state index in [1.807, 2.05) is 6.92 Å². The number of H-pyrrole nitrogens is 1. The van der Waals surface area contributed by atoms with Crippen molar-refractivity contribution in [2.24, 2.45) is 0 Å². The third-order valence-corrected chi connectivity index (χ3v) is 5.19. The second kappa shape index (κ2) is 7.68. The van der Waals surface area contributed by atoms with Crippen molar-refractivity contribution in [3.05, 3.63) is 22.5 Å². The second-order valence-electron chi connectivity index (χ2n) is 7.22. The third-order valence-electron chi connectivity index (χ3n) is 5.19. The summed E-state index contributed by atoms with van der Waals surface area (Å²) in [7, 11) is 2.10. The van der Waals surface area contributed by atoms with Crippen LogP contribution in [0.1, 0.15) is 44.9 Å². The van der Waals surface area contributed by atoms with Crippen molar-refractivity contribution in [3.63, 3.8) is 0 Å². The fourth-order valence-corrected chi connectivity index (χ4v) is 3.71. The number of amides is 1. The third kappa shape index (κ3) is 4.11. The maximum Gasteiger partial charge on any atom is 0.253 e. The van der Waals surface area contributed by atoms with Crippen LogP contribution in [0.2, 0.25) is 0 Å². The maximum atomic E-state index is 12.6. The normalized spacial score (nSPS) is 20.4. The number of aromatic nitrogens is 1. The number of hydrogen-bond acceptors (Lipinski definition) is 5. The Morgan fingerprint density at radius 3 is 2.72 bits per heavy atom. The van der Waals surface area contributed by atoms with Crippen molar-refractivity contribution in [1.29, 1.82) is 0 Å². The zero-order valence-corrected chi connectivity index (χ0v) is 15.1. The smallest absolute Gasteiger partial charge is 0.253 e. The Kier molecular flexibility index (Phi) is 5.56. The van der Waals surface area contributed by atoms with Crippen LogP contribution in [-0.2, 0) is 6.42 Å². The number of β-amino-alcohol motifs (C(OH)–C–C–N with tert-alkyl or cyclic N) is 1. The zero-order chi connectivity index (χ0) is 18.0. The van der Waals surface area contributed by atoms with Gasteiger partial charge in [0.2, 0.25) is 0 Å². The molecule has 1 unspecified atom stereocenters. The highest BCUT2D eigenvalue weighted by Crippen LogP contribution is 2.26. The minimum absolute atomic E-state index is 0.0819. The summed E-state index contributed by atoms with van der Waals surface area (Å²) in [4.78, 5) is 32.1. The Hall–Kier alpha value is -1.70. The summed E-state index contributed by atoms with van der Waals surface area (Å²) in [6, 6.07) is 0. The summed E-state index contributed by atoms with van der Waals surface area (Å²) in [5, 5.41) is 13.1. The van der Waals surface area contributed by atoms with E-state index in [9.17, 15) is 14.7 Å². The van der Waals surface area contributed by atoms with E-state index in [0.29, 0.717) is 24.2 Å². The number of likely N-dealkylation sites (N-methyl/N-ethyl adjacent to an activating group) is 1. The van der Waals surface area contributed by atoms with Gasteiger partial charge in [-0.05, 0) is 32.4 Å². The van der Waals surface area contributed by atoms with Gasteiger partial charge in [0.1, 0.15) is 0 Å². The van der Waals surface area contributed by atoms with Gasteiger partial charge in [0.25, 0.3) is 5.91 Å². The molecule has 1 atom stereocenters. The van der Waals surface area contributed by atoms with Crippen LogP contribution >= 0.6 is 0 Å². The highest BCUT2D eigenvalue weighted by molar-refractivity contribution is 6.04. The number of nitrogens with one attached hydrogen (secondary N) is 2. The van der Waals surface area contributed by atoms with Crippen LogP contribution in [0.15, 0.2) is 0 Å². The summed E-state index contributed by atoms with van der Waals surface area (Å²) in [5.74, 6) is -0.124. The van der Waals surface area contributed by atoms with E-state index < -0.39 is 6.10 Å². The molecule has 25 heavy (non-hydrogen) atoms. The molecule has 0 spiro atoms. The Labute approximate surface area is 148 Å². The largest absolute Gasteiger partial charge is 0.390 e. The number of rotatable bonds is 5. The maximum absolute atomic E-state index is 12.6. The molecule has 7 nitrogen and oxygen atoms in total. The first-order valence-corrected chi connectivity index (χ1v) is 9.07. The number of hydrogen-bond donors (Lipinski definition) is 3. The Morgan fingerprint density at radius 1 is 1.28 bits per heavy atom. The molecule has 7 heteroatoms. The van der Waals surface area contributed by atoms with Gasteiger partial charge in [-0.2, -0.15) is 0 Å². The summed E-state index contributed by atoms with van der Waals surface area (Å²) in [6.45, 7) is 6.49. The SMILES string of the molecule is Cc1[nH]c2c(c1C(=O)NCC(O)CN1CCN(C)CC1)CCCC2=O. The minimum atomic E-state index is -0.593. The lowest BCUT2D eigenvalue weighted by molar-refractivity contribution is 0.0737. The number of carbonyl (C=O) groups is 2. The lowest BCUT2D eigenvalue weighted by Crippen LogP contribution is -2.48. The van der Waals surface area contributed by atoms with Crippen LogP contribution in [0, 0.1) is 6.92 Å². The summed E-state index contributed by atoms with van der Waals surface area (Å²) < 4.78 is 0. The number of aliphatic hydroxyl groups is 1. The predicted molar refractivity (Wildman–Crippen MR) is 95.1 cm³/mol. The molecule has 1 aliphatic heterocycles. The van der Waals surface area contributed by atoms with E-state index in [1.54, 1.807) is 0 Å². The Bertz CT molecular complexity index is 647. The van der Waals surface area contributed by atoms with Crippen molar-refractivity contribution < 1.29 is 14.7 Å². The van der Waals surface area contributed by atoms with Crippen LogP contribution < -0.4 is 5.32 Å². The van der Waals surface area contributed by atoms with Crippen LogP contribution in [0.5, 0.6) is 0 Å². The number of Topliss-reactive ketones (excluding diaryl/α,β-unsaturated/α-hetero) is 1. The first-order chi connectivity index (χ1) is 12.0. The van der Waals surface area contributed by atoms with Gasteiger partial charge in [0, 0.05) is 51.4 Å². The van der Waals surface area contributed by atoms with Crippen molar-refractivity contribution in [1.82, 2.24) is 20.1 Å². The number of aliphatic hydroxyl groups excluding tert-OH is 1. The van der Waals surface area contributed by atoms with Crippen molar-refractivity contribution in [2.75, 3.05) is 46.3 Å². The number of carbonyl (C=O) groups excluding carboxylic acids is 2. The van der Waals surface area contributed by atoms with Gasteiger partial charge in [0.05, 0.1) is 17.4 Å². The van der Waals surface area contributed by atoms with Gasteiger partial charge in [-0.1, -0.05) is 0 Å². The molecule has 1 fully saturated rings. The number of nitrogens with zero attached hydrogens (tertiary/aromatic N) is 2. The highest BCUT2D eigenvalue weighted by atomic mass is 16.3. The fraction of sp³-hybridized carbons (Fsp3) is 0.667. The highest BCUT2D eigenvalue weighted by Gasteiger charge is 2.27. The van der Waals surface area contributed by atoms with E-state index in [1.165, 1.54) is 0 Å². The van der Waals surface area contributed by atoms with Crippen LogP contribution in [0.25, 0.3) is 0 Å². The van der Waals surface area contributed by atoms with Crippen LogP contribution in [-0.4, -0.2) is 84.0 Å². The summed E-state index contributed by atoms with van der Waals surface area (Å²) in [6.07, 6.45) is 1.48. The molecule has 1 aliphatic carbocycles. The monoisotopic (exact) mass is 348 g/mol. The van der Waals surface area contributed by atoms with E-state index >= 15 is 0 Å². The lowest BCUT2D eigenvalue weighted by atomic mass is 9.93. The Morgan fingerprint density at radius 2 is 2.00 bits per heavy atom. The average Bonchev–Trinajstić information content (AvgIpc) is 2.92. The molecule has 2 heterocycles. The van der Waals surface area contributed by atoms with Gasteiger partial charge in [-0.15, -0.1) is 0 Å². The second-order valence-corrected chi connectivity index (χ2v) is 7.22. The molecule has 1 aromatic heterocycles. The van der Waals surface area contributed by atoms with E-state index in [0.717, 1.165) is 50.3 Å². The number of ketones is 1. The molecule has 3 rings (SSSR count).